The predicted octanol–water partition coefficient (Wildman–Crippen LogP) is 3.80. The van der Waals surface area contributed by atoms with Crippen molar-refractivity contribution in [1.82, 2.24) is 0 Å². The highest BCUT2D eigenvalue weighted by Crippen LogP contribution is 2.60. The van der Waals surface area contributed by atoms with Gasteiger partial charge in [-0.3, -0.25) is 0 Å². The zero-order valence-corrected chi connectivity index (χ0v) is 13.7. The van der Waals surface area contributed by atoms with E-state index in [-0.39, 0.29) is 23.7 Å². The molecule has 0 aromatic carbocycles. The summed E-state index contributed by atoms with van der Waals surface area (Å²) >= 11 is 0. The van der Waals surface area contributed by atoms with E-state index in [2.05, 4.69) is 26.8 Å². The first-order valence-electron chi connectivity index (χ1n) is 8.23. The number of fused-ring (bicyclic) bond motifs is 2. The van der Waals surface area contributed by atoms with Crippen molar-refractivity contribution in [3.05, 3.63) is 23.5 Å². The second-order valence-electron chi connectivity index (χ2n) is 7.91. The molecule has 0 bridgehead atoms. The minimum absolute atomic E-state index is 0.0570. The fourth-order valence-electron chi connectivity index (χ4n) is 5.40. The molecular weight excluding hydrogens is 264 g/mol. The summed E-state index contributed by atoms with van der Waals surface area (Å²) in [6.45, 7) is 11.0. The monoisotopic (exact) mass is 290 g/mol. The molecule has 0 radical (unpaired) electrons. The molecule has 3 heteroatoms. The standard InChI is InChI=1S/C18H26O3/c1-10-6-7-13-18(5)12(8-9-19-13)11(2)15-16(14(10)18)21-17(3,4)20-15/h8-10,13-16H,6-7H2,1-5H3/t10-,13+,14-,15-,16+,18+/m1/s1. The van der Waals surface area contributed by atoms with Gasteiger partial charge in [0.05, 0.1) is 12.4 Å². The van der Waals surface area contributed by atoms with Crippen molar-refractivity contribution in [2.45, 2.75) is 71.6 Å². The molecule has 2 aliphatic carbocycles. The smallest absolute Gasteiger partial charge is 0.164 e. The van der Waals surface area contributed by atoms with E-state index in [1.165, 1.54) is 17.6 Å². The zero-order valence-electron chi connectivity index (χ0n) is 13.7. The van der Waals surface area contributed by atoms with Crippen LogP contribution >= 0.6 is 0 Å². The molecule has 4 aliphatic rings. The van der Waals surface area contributed by atoms with Crippen LogP contribution in [-0.4, -0.2) is 24.1 Å². The Bertz CT molecular complexity index is 533. The summed E-state index contributed by atoms with van der Waals surface area (Å²) in [7, 11) is 0. The van der Waals surface area contributed by atoms with E-state index in [0.29, 0.717) is 11.8 Å². The first kappa shape index (κ1) is 13.8. The fraction of sp³-hybridized carbons (Fsp3) is 0.778. The maximum Gasteiger partial charge on any atom is 0.164 e. The molecule has 1 saturated carbocycles. The van der Waals surface area contributed by atoms with Gasteiger partial charge in [0.15, 0.2) is 5.79 Å². The average molecular weight is 290 g/mol. The van der Waals surface area contributed by atoms with E-state index in [1.807, 2.05) is 20.1 Å². The third kappa shape index (κ3) is 1.68. The van der Waals surface area contributed by atoms with Crippen molar-refractivity contribution >= 4 is 0 Å². The molecule has 0 aromatic rings. The minimum atomic E-state index is -0.488. The van der Waals surface area contributed by atoms with Crippen molar-refractivity contribution in [2.75, 3.05) is 0 Å². The van der Waals surface area contributed by atoms with Crippen LogP contribution < -0.4 is 0 Å². The Morgan fingerprint density at radius 2 is 1.90 bits per heavy atom. The van der Waals surface area contributed by atoms with Crippen molar-refractivity contribution in [2.24, 2.45) is 17.3 Å². The van der Waals surface area contributed by atoms with Crippen LogP contribution in [0, 0.1) is 17.3 Å². The second kappa shape index (κ2) is 4.14. The third-order valence-electron chi connectivity index (χ3n) is 6.25. The van der Waals surface area contributed by atoms with Gasteiger partial charge in [-0.2, -0.15) is 0 Å². The molecule has 0 spiro atoms. The fourth-order valence-corrected chi connectivity index (χ4v) is 5.40. The topological polar surface area (TPSA) is 27.7 Å². The molecule has 0 N–H and O–H groups in total. The Morgan fingerprint density at radius 3 is 2.67 bits per heavy atom. The maximum absolute atomic E-state index is 6.36. The molecule has 2 fully saturated rings. The van der Waals surface area contributed by atoms with Gasteiger partial charge in [-0.1, -0.05) is 13.8 Å². The summed E-state index contributed by atoms with van der Waals surface area (Å²) in [5, 5.41) is 0. The summed E-state index contributed by atoms with van der Waals surface area (Å²) in [6, 6.07) is 0. The van der Waals surface area contributed by atoms with Crippen LogP contribution in [0.5, 0.6) is 0 Å². The van der Waals surface area contributed by atoms with Gasteiger partial charge < -0.3 is 14.2 Å². The van der Waals surface area contributed by atoms with Crippen LogP contribution in [-0.2, 0) is 14.2 Å². The van der Waals surface area contributed by atoms with Crippen LogP contribution in [0.25, 0.3) is 0 Å². The summed E-state index contributed by atoms with van der Waals surface area (Å²) in [4.78, 5) is 0. The molecule has 2 heterocycles. The molecular formula is C18H26O3. The average Bonchev–Trinajstić information content (AvgIpc) is 2.71. The van der Waals surface area contributed by atoms with Gasteiger partial charge in [-0.25, -0.2) is 0 Å². The largest absolute Gasteiger partial charge is 0.497 e. The lowest BCUT2D eigenvalue weighted by molar-refractivity contribution is -0.166. The van der Waals surface area contributed by atoms with E-state index in [4.69, 9.17) is 14.2 Å². The normalized spacial score (nSPS) is 50.4. The van der Waals surface area contributed by atoms with Crippen LogP contribution in [0.15, 0.2) is 23.5 Å². The molecule has 6 atom stereocenters. The Hall–Kier alpha value is -0.800. The van der Waals surface area contributed by atoms with Gasteiger partial charge in [0.1, 0.15) is 12.2 Å². The van der Waals surface area contributed by atoms with E-state index in [1.54, 1.807) is 0 Å². The van der Waals surface area contributed by atoms with Gasteiger partial charge in [0.25, 0.3) is 0 Å². The lowest BCUT2D eigenvalue weighted by Gasteiger charge is -2.57. The molecule has 116 valence electrons. The Kier molecular flexibility index (Phi) is 2.73. The van der Waals surface area contributed by atoms with Crippen molar-refractivity contribution in [3.63, 3.8) is 0 Å². The summed E-state index contributed by atoms with van der Waals surface area (Å²) in [6.07, 6.45) is 6.93. The number of hydrogen-bond acceptors (Lipinski definition) is 3. The highest BCUT2D eigenvalue weighted by molar-refractivity contribution is 5.42. The summed E-state index contributed by atoms with van der Waals surface area (Å²) < 4.78 is 18.6. The minimum Gasteiger partial charge on any atom is -0.497 e. The predicted molar refractivity (Wildman–Crippen MR) is 80.5 cm³/mol. The van der Waals surface area contributed by atoms with Crippen molar-refractivity contribution in [3.8, 4) is 0 Å². The maximum atomic E-state index is 6.36. The highest BCUT2D eigenvalue weighted by Gasteiger charge is 2.62. The van der Waals surface area contributed by atoms with Gasteiger partial charge >= 0.3 is 0 Å². The summed E-state index contributed by atoms with van der Waals surface area (Å²) in [5.41, 5.74) is 2.82. The molecule has 0 unspecified atom stereocenters. The van der Waals surface area contributed by atoms with Gasteiger partial charge in [-0.15, -0.1) is 0 Å². The zero-order chi connectivity index (χ0) is 15.0. The van der Waals surface area contributed by atoms with Gasteiger partial charge in [0.2, 0.25) is 0 Å². The van der Waals surface area contributed by atoms with Crippen LogP contribution in [0.3, 0.4) is 0 Å². The van der Waals surface area contributed by atoms with E-state index in [9.17, 15) is 0 Å². The molecule has 0 aromatic heterocycles. The molecule has 2 aliphatic heterocycles. The SMILES string of the molecule is CC1=C2C=CO[C@H]3CC[C@@H](C)[C@H]([C@@H]4OC(C)(C)O[C@H]14)[C@@]23C. The summed E-state index contributed by atoms with van der Waals surface area (Å²) in [5.74, 6) is 0.610. The number of ether oxygens (including phenoxy) is 3. The molecule has 3 nitrogen and oxygen atoms in total. The van der Waals surface area contributed by atoms with Gasteiger partial charge in [0, 0.05) is 11.3 Å². The van der Waals surface area contributed by atoms with Crippen LogP contribution in [0.1, 0.15) is 47.5 Å². The second-order valence-corrected chi connectivity index (χ2v) is 7.91. The van der Waals surface area contributed by atoms with Crippen LogP contribution in [0.2, 0.25) is 0 Å². The van der Waals surface area contributed by atoms with Crippen LogP contribution in [0.4, 0.5) is 0 Å². The van der Waals surface area contributed by atoms with Crippen molar-refractivity contribution in [1.29, 1.82) is 0 Å². The Morgan fingerprint density at radius 1 is 1.14 bits per heavy atom. The number of hydrogen-bond donors (Lipinski definition) is 0. The van der Waals surface area contributed by atoms with E-state index < -0.39 is 5.79 Å². The Labute approximate surface area is 127 Å². The first-order valence-corrected chi connectivity index (χ1v) is 8.23. The first-order chi connectivity index (χ1) is 9.84. The quantitative estimate of drug-likeness (QED) is 0.679. The van der Waals surface area contributed by atoms with Crippen molar-refractivity contribution < 1.29 is 14.2 Å². The lowest BCUT2D eigenvalue weighted by atomic mass is 9.52. The molecule has 4 rings (SSSR count). The number of rotatable bonds is 0. The number of allylic oxidation sites excluding steroid dienone is 1. The van der Waals surface area contributed by atoms with E-state index >= 15 is 0 Å². The van der Waals surface area contributed by atoms with E-state index in [0.717, 1.165) is 6.42 Å². The molecule has 21 heavy (non-hydrogen) atoms. The third-order valence-corrected chi connectivity index (χ3v) is 6.25. The highest BCUT2D eigenvalue weighted by atomic mass is 16.8. The lowest BCUT2D eigenvalue weighted by Crippen LogP contribution is -2.58. The molecule has 1 saturated heterocycles. The molecule has 0 amide bonds. The van der Waals surface area contributed by atoms with Gasteiger partial charge in [-0.05, 0) is 56.8 Å². The Balaban J connectivity index is 1.90.